The normalized spacial score (nSPS) is 13.4. The number of hydrogen-bond donors (Lipinski definition) is 8. The maximum atomic E-state index is 13.8. The van der Waals surface area contributed by atoms with Crippen molar-refractivity contribution in [3.05, 3.63) is 71.8 Å². The Morgan fingerprint density at radius 1 is 0.857 bits per heavy atom. The van der Waals surface area contributed by atoms with Crippen molar-refractivity contribution in [2.24, 2.45) is 27.8 Å². The number of aliphatic carboxylic acids is 1. The minimum atomic E-state index is -5.08. The molecule has 0 saturated heterocycles. The number of nitrogens with one attached hydrogen (secondary N) is 4. The summed E-state index contributed by atoms with van der Waals surface area (Å²) in [4.78, 5) is 65.7. The summed E-state index contributed by atoms with van der Waals surface area (Å²) < 4.78 is 37.1. The molecule has 18 heteroatoms. The highest BCUT2D eigenvalue weighted by Crippen LogP contribution is 2.21. The molecular formula is C38H56F3N7O8. The number of carboxylic acids is 1. The molecule has 10 N–H and O–H groups in total. The quantitative estimate of drug-likeness (QED) is 0.0586. The number of alkyl halides is 3. The van der Waals surface area contributed by atoms with E-state index in [1.807, 2.05) is 62.4 Å². The second-order valence-corrected chi connectivity index (χ2v) is 14.4. The zero-order chi connectivity index (χ0) is 42.5. The Morgan fingerprint density at radius 2 is 1.41 bits per heavy atom. The second kappa shape index (κ2) is 24.2. The predicted octanol–water partition coefficient (Wildman–Crippen LogP) is 3.14. The number of ether oxygens (including phenoxy) is 1. The summed E-state index contributed by atoms with van der Waals surface area (Å²) in [5.41, 5.74) is 11.9. The Bertz CT molecular complexity index is 1550. The van der Waals surface area contributed by atoms with Crippen LogP contribution in [0.15, 0.2) is 65.7 Å². The van der Waals surface area contributed by atoms with Crippen LogP contribution in [0.3, 0.4) is 0 Å². The topological polar surface area (TPSA) is 248 Å². The number of carbonyl (C=O) groups is 5. The van der Waals surface area contributed by atoms with E-state index in [0.29, 0.717) is 25.8 Å². The van der Waals surface area contributed by atoms with Crippen molar-refractivity contribution in [1.29, 1.82) is 0 Å². The molecule has 0 aliphatic rings. The van der Waals surface area contributed by atoms with Gasteiger partial charge in [0.05, 0.1) is 18.6 Å². The number of amides is 4. The molecule has 2 rings (SSSR count). The molecule has 0 radical (unpaired) electrons. The molecule has 0 saturated carbocycles. The summed E-state index contributed by atoms with van der Waals surface area (Å²) in [6.07, 6.45) is -5.68. The number of alkyl carbamates (subject to hydrolysis) is 1. The van der Waals surface area contributed by atoms with Crippen molar-refractivity contribution in [2.75, 3.05) is 13.1 Å². The molecule has 0 aliphatic heterocycles. The molecule has 4 amide bonds. The molecule has 0 aromatic heterocycles. The maximum absolute atomic E-state index is 13.8. The van der Waals surface area contributed by atoms with Gasteiger partial charge in [-0.25, -0.2) is 9.59 Å². The molecule has 0 fully saturated rings. The number of rotatable bonds is 19. The van der Waals surface area contributed by atoms with Crippen LogP contribution in [0.4, 0.5) is 18.0 Å². The summed E-state index contributed by atoms with van der Waals surface area (Å²) in [5, 5.41) is 29.3. The van der Waals surface area contributed by atoms with Gasteiger partial charge in [-0.3, -0.25) is 19.4 Å². The van der Waals surface area contributed by atoms with Gasteiger partial charge in [0.1, 0.15) is 18.7 Å². The van der Waals surface area contributed by atoms with Crippen molar-refractivity contribution in [1.82, 2.24) is 21.3 Å². The summed E-state index contributed by atoms with van der Waals surface area (Å²) in [6.45, 7) is 9.92. The number of guanidine groups is 1. The summed E-state index contributed by atoms with van der Waals surface area (Å²) in [6, 6.07) is 16.0. The molecule has 0 spiro atoms. The number of nitrogens with zero attached hydrogens (tertiary/aromatic N) is 1. The van der Waals surface area contributed by atoms with Gasteiger partial charge < -0.3 is 47.7 Å². The first kappa shape index (κ1) is 48.6. The number of benzene rings is 2. The van der Waals surface area contributed by atoms with Crippen molar-refractivity contribution in [3.63, 3.8) is 0 Å². The van der Waals surface area contributed by atoms with E-state index in [2.05, 4.69) is 26.3 Å². The molecule has 4 atom stereocenters. The molecule has 56 heavy (non-hydrogen) atoms. The van der Waals surface area contributed by atoms with Crippen molar-refractivity contribution >= 4 is 35.7 Å². The van der Waals surface area contributed by atoms with Gasteiger partial charge in [0.25, 0.3) is 0 Å². The molecule has 2 aromatic rings. The molecule has 312 valence electrons. The van der Waals surface area contributed by atoms with Crippen molar-refractivity contribution < 1.29 is 52.1 Å². The lowest BCUT2D eigenvalue weighted by Gasteiger charge is -2.34. The Kier molecular flexibility index (Phi) is 21.0. The monoisotopic (exact) mass is 795 g/mol. The molecule has 15 nitrogen and oxygen atoms in total. The molecule has 2 aromatic carbocycles. The average molecular weight is 796 g/mol. The van der Waals surface area contributed by atoms with Gasteiger partial charge in [-0.2, -0.15) is 13.2 Å². The molecule has 0 unspecified atom stereocenters. The van der Waals surface area contributed by atoms with Crippen LogP contribution in [0.2, 0.25) is 0 Å². The van der Waals surface area contributed by atoms with E-state index in [1.165, 1.54) is 0 Å². The third kappa shape index (κ3) is 20.9. The van der Waals surface area contributed by atoms with Crippen LogP contribution in [0.1, 0.15) is 71.4 Å². The van der Waals surface area contributed by atoms with Crippen LogP contribution in [0, 0.1) is 11.3 Å². The lowest BCUT2D eigenvalue weighted by Crippen LogP contribution is -2.60. The number of nitrogens with two attached hydrogens (primary N) is 2. The third-order valence-electron chi connectivity index (χ3n) is 7.91. The fourth-order valence-corrected chi connectivity index (χ4v) is 5.08. The molecule has 0 bridgehead atoms. The first-order chi connectivity index (χ1) is 26.1. The largest absolute Gasteiger partial charge is 0.490 e. The highest BCUT2D eigenvalue weighted by atomic mass is 19.4. The lowest BCUT2D eigenvalue weighted by molar-refractivity contribution is -0.192. The lowest BCUT2D eigenvalue weighted by atomic mass is 9.85. The highest BCUT2D eigenvalue weighted by Gasteiger charge is 2.39. The van der Waals surface area contributed by atoms with E-state index in [4.69, 9.17) is 26.1 Å². The van der Waals surface area contributed by atoms with Gasteiger partial charge in [0.15, 0.2) is 5.96 Å². The Labute approximate surface area is 325 Å². The Hall–Kier alpha value is -5.39. The van der Waals surface area contributed by atoms with Gasteiger partial charge in [-0.15, -0.1) is 0 Å². The van der Waals surface area contributed by atoms with E-state index < -0.39 is 59.7 Å². The highest BCUT2D eigenvalue weighted by molar-refractivity contribution is 5.92. The number of carbonyl (C=O) groups excluding carboxylic acids is 4. The number of carboxylic acid groups (broad SMARTS) is 1. The molecule has 0 aliphatic carbocycles. The minimum absolute atomic E-state index is 0.00660. The number of aliphatic hydroxyl groups is 1. The SMILES string of the molecule is CC(C)C[C@H](NC(=O)[C@@H](NC(=O)[C@H](CCCN=C(N)N)NC(=O)OCc1ccccc1)C(C)(C)C)[C@@H](O)CC(=O)NCCc1ccccc1.O=C(O)C(F)(F)F. The number of halogens is 3. The standard InChI is InChI=1S/C36H55N7O6.C2HF3O2/c1-24(2)21-28(29(44)22-30(45)39-20-18-25-13-8-6-9-14-25)41-33(47)31(36(3,4)5)43-32(46)27(17-12-19-40-34(37)38)42-35(48)49-23-26-15-10-7-11-16-26;3-2(4,5)1(6)7/h6-11,13-16,24,27-29,31,44H,12,17-23H2,1-5H3,(H,39,45)(H,41,47)(H,42,48)(H,43,46)(H4,37,38,40);(H,6,7)/t27-,28-,29-,31+;/m0./s1. The Morgan fingerprint density at radius 3 is 1.91 bits per heavy atom. The van der Waals surface area contributed by atoms with Crippen LogP contribution in [0.5, 0.6) is 0 Å². The van der Waals surface area contributed by atoms with Crippen LogP contribution in [-0.2, 0) is 36.9 Å². The van der Waals surface area contributed by atoms with E-state index in [-0.39, 0.29) is 43.8 Å². The summed E-state index contributed by atoms with van der Waals surface area (Å²) in [7, 11) is 0. The van der Waals surface area contributed by atoms with E-state index in [9.17, 15) is 37.5 Å². The van der Waals surface area contributed by atoms with Crippen LogP contribution >= 0.6 is 0 Å². The van der Waals surface area contributed by atoms with Gasteiger partial charge >= 0.3 is 18.2 Å². The zero-order valence-corrected chi connectivity index (χ0v) is 32.4. The van der Waals surface area contributed by atoms with Crippen LogP contribution < -0.4 is 32.7 Å². The second-order valence-electron chi connectivity index (χ2n) is 14.4. The van der Waals surface area contributed by atoms with E-state index in [1.54, 1.807) is 32.9 Å². The molecule has 0 heterocycles. The van der Waals surface area contributed by atoms with Crippen LogP contribution in [0.25, 0.3) is 0 Å². The van der Waals surface area contributed by atoms with Gasteiger partial charge in [0, 0.05) is 13.1 Å². The van der Waals surface area contributed by atoms with E-state index >= 15 is 0 Å². The first-order valence-electron chi connectivity index (χ1n) is 18.0. The number of aliphatic hydroxyl groups excluding tert-OH is 1. The van der Waals surface area contributed by atoms with Crippen molar-refractivity contribution in [2.45, 2.75) is 104 Å². The fourth-order valence-electron chi connectivity index (χ4n) is 5.08. The predicted molar refractivity (Wildman–Crippen MR) is 204 cm³/mol. The fraction of sp³-hybridized carbons (Fsp3) is 0.526. The van der Waals surface area contributed by atoms with Gasteiger partial charge in [0.2, 0.25) is 17.7 Å². The van der Waals surface area contributed by atoms with Crippen molar-refractivity contribution in [3.8, 4) is 0 Å². The van der Waals surface area contributed by atoms with E-state index in [0.717, 1.165) is 11.1 Å². The average Bonchev–Trinajstić information content (AvgIpc) is 3.10. The maximum Gasteiger partial charge on any atom is 0.490 e. The minimum Gasteiger partial charge on any atom is -0.475 e. The van der Waals surface area contributed by atoms with Gasteiger partial charge in [-0.05, 0) is 48.1 Å². The number of hydrogen-bond acceptors (Lipinski definition) is 8. The zero-order valence-electron chi connectivity index (χ0n) is 32.4. The van der Waals surface area contributed by atoms with Gasteiger partial charge in [-0.1, -0.05) is 95.3 Å². The smallest absolute Gasteiger partial charge is 0.475 e. The Balaban J connectivity index is 0.00000203. The first-order valence-corrected chi connectivity index (χ1v) is 18.0. The third-order valence-corrected chi connectivity index (χ3v) is 7.91. The molecular weight excluding hydrogens is 739 g/mol. The summed E-state index contributed by atoms with van der Waals surface area (Å²) in [5.74, 6) is -4.22. The number of aliphatic imine (C=N–C) groups is 1. The van der Waals surface area contributed by atoms with Crippen LogP contribution in [-0.4, -0.2) is 89.5 Å². The summed E-state index contributed by atoms with van der Waals surface area (Å²) >= 11 is 0.